The van der Waals surface area contributed by atoms with E-state index in [9.17, 15) is 4.39 Å². The number of piperazine rings is 1. The minimum atomic E-state index is -0.163. The van der Waals surface area contributed by atoms with Crippen molar-refractivity contribution in [3.8, 4) is 0 Å². The van der Waals surface area contributed by atoms with Crippen LogP contribution in [0.15, 0.2) is 48.7 Å². The molecular formula is C23H25FN4S. The van der Waals surface area contributed by atoms with Crippen LogP contribution in [0, 0.1) is 5.82 Å². The van der Waals surface area contributed by atoms with Crippen molar-refractivity contribution in [1.29, 1.82) is 0 Å². The summed E-state index contributed by atoms with van der Waals surface area (Å²) in [5.41, 5.74) is 2.24. The van der Waals surface area contributed by atoms with Gasteiger partial charge in [0, 0.05) is 48.7 Å². The number of halogens is 1. The molecule has 1 N–H and O–H groups in total. The van der Waals surface area contributed by atoms with Crippen molar-refractivity contribution in [2.75, 3.05) is 37.6 Å². The molecule has 5 rings (SSSR count). The fraction of sp³-hybridized carbons (Fsp3) is 0.348. The molecule has 0 unspecified atom stereocenters. The molecule has 4 aromatic rings. The summed E-state index contributed by atoms with van der Waals surface area (Å²) in [5, 5.41) is 2.30. The summed E-state index contributed by atoms with van der Waals surface area (Å²) < 4.78 is 19.5. The second-order valence-corrected chi connectivity index (χ2v) is 8.60. The number of unbranched alkanes of at least 4 members (excludes halogenated alkanes) is 1. The van der Waals surface area contributed by atoms with Crippen LogP contribution in [-0.4, -0.2) is 47.0 Å². The topological polar surface area (TPSA) is 35.2 Å². The maximum Gasteiger partial charge on any atom is 0.150 e. The molecule has 0 aliphatic carbocycles. The smallest absolute Gasteiger partial charge is 0.150 e. The van der Waals surface area contributed by atoms with Crippen molar-refractivity contribution < 1.29 is 4.39 Å². The Kier molecular flexibility index (Phi) is 5.21. The molecule has 6 heteroatoms. The van der Waals surface area contributed by atoms with Crippen molar-refractivity contribution in [2.24, 2.45) is 0 Å². The molecule has 0 amide bonds. The maximum absolute atomic E-state index is 13.5. The van der Waals surface area contributed by atoms with E-state index >= 15 is 0 Å². The van der Waals surface area contributed by atoms with Crippen LogP contribution in [0.2, 0.25) is 0 Å². The first-order valence-corrected chi connectivity index (χ1v) is 11.1. The number of fused-ring (bicyclic) bond motifs is 2. The van der Waals surface area contributed by atoms with Gasteiger partial charge >= 0.3 is 0 Å². The molecular weight excluding hydrogens is 383 g/mol. The lowest BCUT2D eigenvalue weighted by atomic mass is 10.1. The number of nitrogens with one attached hydrogen (secondary N) is 1. The molecule has 0 bridgehead atoms. The summed E-state index contributed by atoms with van der Waals surface area (Å²) in [6, 6.07) is 13.5. The number of hydrogen-bond acceptors (Lipinski definition) is 4. The quantitative estimate of drug-likeness (QED) is 0.453. The third-order valence-electron chi connectivity index (χ3n) is 5.93. The van der Waals surface area contributed by atoms with Gasteiger partial charge in [-0.3, -0.25) is 4.90 Å². The summed E-state index contributed by atoms with van der Waals surface area (Å²) in [5.74, 6) is 0.987. The highest BCUT2D eigenvalue weighted by Crippen LogP contribution is 2.29. The van der Waals surface area contributed by atoms with Crippen LogP contribution in [0.25, 0.3) is 21.0 Å². The zero-order valence-corrected chi connectivity index (χ0v) is 17.2. The first kappa shape index (κ1) is 18.6. The standard InChI is InChI=1S/C23H25FN4S/c24-18-8-9-21-20(15-18)17(16-25-21)5-3-4-10-27-11-13-28(14-12-27)23-19-6-1-2-7-22(19)29-26-23/h1-2,6-9,15-16,25H,3-5,10-14H2. The third-order valence-corrected chi connectivity index (χ3v) is 6.75. The van der Waals surface area contributed by atoms with Gasteiger partial charge in [0.05, 0.1) is 4.70 Å². The number of aryl methyl sites for hydroxylation is 1. The largest absolute Gasteiger partial charge is 0.361 e. The Morgan fingerprint density at radius 1 is 1.00 bits per heavy atom. The van der Waals surface area contributed by atoms with Gasteiger partial charge in [0.25, 0.3) is 0 Å². The van der Waals surface area contributed by atoms with Gasteiger partial charge in [-0.15, -0.1) is 0 Å². The molecule has 150 valence electrons. The summed E-state index contributed by atoms with van der Waals surface area (Å²) in [6.45, 7) is 5.38. The lowest BCUT2D eigenvalue weighted by molar-refractivity contribution is 0.253. The van der Waals surface area contributed by atoms with Gasteiger partial charge in [0.1, 0.15) is 11.6 Å². The van der Waals surface area contributed by atoms with E-state index in [1.54, 1.807) is 17.6 Å². The molecule has 2 aromatic heterocycles. The minimum absolute atomic E-state index is 0.163. The lowest BCUT2D eigenvalue weighted by Crippen LogP contribution is -2.46. The monoisotopic (exact) mass is 408 g/mol. The number of H-pyrrole nitrogens is 1. The number of aromatic amines is 1. The molecule has 1 aliphatic rings. The Hall–Kier alpha value is -2.44. The molecule has 1 saturated heterocycles. The van der Waals surface area contributed by atoms with Crippen LogP contribution >= 0.6 is 11.5 Å². The van der Waals surface area contributed by atoms with Crippen LogP contribution in [0.5, 0.6) is 0 Å². The predicted molar refractivity (Wildman–Crippen MR) is 119 cm³/mol. The Morgan fingerprint density at radius 3 is 2.76 bits per heavy atom. The highest BCUT2D eigenvalue weighted by molar-refractivity contribution is 7.13. The van der Waals surface area contributed by atoms with E-state index in [-0.39, 0.29) is 5.82 Å². The highest BCUT2D eigenvalue weighted by Gasteiger charge is 2.20. The summed E-state index contributed by atoms with van der Waals surface area (Å²) in [6.07, 6.45) is 5.32. The van der Waals surface area contributed by atoms with Crippen molar-refractivity contribution in [1.82, 2.24) is 14.3 Å². The number of nitrogens with zero attached hydrogens (tertiary/aromatic N) is 3. The van der Waals surface area contributed by atoms with Crippen LogP contribution in [0.1, 0.15) is 18.4 Å². The molecule has 0 radical (unpaired) electrons. The lowest BCUT2D eigenvalue weighted by Gasteiger charge is -2.35. The molecule has 0 spiro atoms. The number of anilines is 1. The zero-order valence-electron chi connectivity index (χ0n) is 16.4. The summed E-state index contributed by atoms with van der Waals surface area (Å²) in [4.78, 5) is 8.23. The van der Waals surface area contributed by atoms with E-state index in [0.717, 1.165) is 62.3 Å². The predicted octanol–water partition coefficient (Wildman–Crippen LogP) is 5.06. The second kappa shape index (κ2) is 8.13. The molecule has 1 fully saturated rings. The van der Waals surface area contributed by atoms with Crippen LogP contribution in [0.3, 0.4) is 0 Å². The first-order chi connectivity index (χ1) is 14.3. The van der Waals surface area contributed by atoms with Gasteiger partial charge in [-0.25, -0.2) is 4.39 Å². The SMILES string of the molecule is Fc1ccc2[nH]cc(CCCCN3CCN(c4nsc5ccccc45)CC3)c2c1. The van der Waals surface area contributed by atoms with Crippen LogP contribution in [0.4, 0.5) is 10.2 Å². The van der Waals surface area contributed by atoms with E-state index in [2.05, 4.69) is 39.0 Å². The fourth-order valence-corrected chi connectivity index (χ4v) is 5.09. The van der Waals surface area contributed by atoms with Crippen LogP contribution < -0.4 is 4.90 Å². The second-order valence-electron chi connectivity index (χ2n) is 7.79. The number of rotatable bonds is 6. The number of hydrogen-bond donors (Lipinski definition) is 1. The van der Waals surface area contributed by atoms with E-state index in [1.807, 2.05) is 12.3 Å². The minimum Gasteiger partial charge on any atom is -0.361 e. The van der Waals surface area contributed by atoms with E-state index in [0.29, 0.717) is 0 Å². The van der Waals surface area contributed by atoms with E-state index in [4.69, 9.17) is 4.37 Å². The molecule has 1 aliphatic heterocycles. The van der Waals surface area contributed by atoms with Gasteiger partial charge in [-0.1, -0.05) is 12.1 Å². The van der Waals surface area contributed by atoms with Crippen molar-refractivity contribution >= 4 is 38.3 Å². The average molecular weight is 409 g/mol. The molecule has 29 heavy (non-hydrogen) atoms. The normalized spacial score (nSPS) is 15.6. The molecule has 2 aromatic carbocycles. The molecule has 4 nitrogen and oxygen atoms in total. The van der Waals surface area contributed by atoms with Crippen molar-refractivity contribution in [2.45, 2.75) is 19.3 Å². The Balaban J connectivity index is 1.10. The molecule has 0 atom stereocenters. The highest BCUT2D eigenvalue weighted by atomic mass is 32.1. The Morgan fingerprint density at radius 2 is 1.86 bits per heavy atom. The zero-order chi connectivity index (χ0) is 19.6. The molecule has 0 saturated carbocycles. The molecule has 3 heterocycles. The van der Waals surface area contributed by atoms with Crippen molar-refractivity contribution in [3.05, 3.63) is 60.0 Å². The summed E-state index contributed by atoms with van der Waals surface area (Å²) in [7, 11) is 0. The van der Waals surface area contributed by atoms with E-state index < -0.39 is 0 Å². The van der Waals surface area contributed by atoms with Gasteiger partial charge in [-0.2, -0.15) is 4.37 Å². The van der Waals surface area contributed by atoms with E-state index in [1.165, 1.54) is 28.1 Å². The van der Waals surface area contributed by atoms with Gasteiger partial charge in [0.2, 0.25) is 0 Å². The number of aromatic nitrogens is 2. The average Bonchev–Trinajstić information content (AvgIpc) is 3.36. The third kappa shape index (κ3) is 3.87. The van der Waals surface area contributed by atoms with Crippen molar-refractivity contribution in [3.63, 3.8) is 0 Å². The van der Waals surface area contributed by atoms with Crippen LogP contribution in [-0.2, 0) is 6.42 Å². The number of benzene rings is 2. The Labute approximate surface area is 174 Å². The van der Waals surface area contributed by atoms with Gasteiger partial charge in [-0.05, 0) is 73.2 Å². The fourth-order valence-electron chi connectivity index (χ4n) is 4.29. The Bertz CT molecular complexity index is 1110. The van der Waals surface area contributed by atoms with Gasteiger partial charge in [0.15, 0.2) is 0 Å². The summed E-state index contributed by atoms with van der Waals surface area (Å²) >= 11 is 1.59. The first-order valence-electron chi connectivity index (χ1n) is 10.4. The van der Waals surface area contributed by atoms with Gasteiger partial charge < -0.3 is 9.88 Å². The maximum atomic E-state index is 13.5.